The number of rotatable bonds is 54. The van der Waals surface area contributed by atoms with Crippen molar-refractivity contribution in [3.8, 4) is 0 Å². The highest BCUT2D eigenvalue weighted by atomic mass is 31.2. The fourth-order valence-electron chi connectivity index (χ4n) is 8.12. The number of quaternary nitrogens is 1. The van der Waals surface area contributed by atoms with Crippen molar-refractivity contribution in [3.63, 3.8) is 0 Å². The number of likely N-dealkylation sites (N-methyl/N-ethyl adjacent to an activating group) is 1. The van der Waals surface area contributed by atoms with E-state index >= 15 is 0 Å². The van der Waals surface area contributed by atoms with Gasteiger partial charge in [0.2, 0.25) is 5.91 Å². The second-order valence-corrected chi connectivity index (χ2v) is 22.9. The van der Waals surface area contributed by atoms with Gasteiger partial charge in [0.05, 0.1) is 33.8 Å². The van der Waals surface area contributed by atoms with Crippen LogP contribution < -0.4 is 5.32 Å². The van der Waals surface area contributed by atoms with Crippen LogP contribution >= 0.6 is 7.82 Å². The van der Waals surface area contributed by atoms with Crippen LogP contribution in [-0.2, 0) is 27.9 Å². The van der Waals surface area contributed by atoms with E-state index in [9.17, 15) is 19.0 Å². The third-order valence-electron chi connectivity index (χ3n) is 12.9. The molecule has 3 unspecified atom stereocenters. The molecule has 77 heavy (non-hydrogen) atoms. The quantitative estimate of drug-likeness (QED) is 0.0205. The standard InChI is InChI=1S/C67H115N2O7P/c1-7-10-13-16-19-22-25-27-29-31-33-34-36-37-39-41-44-47-50-53-56-59-66(70)68-64(63-75-77(72,73)74-62-61-69(4,5)6)65(58-55-52-49-46-43-24-21-18-15-12-9-3)76-67(71)60-57-54-51-48-45-42-40-38-35-32-30-28-26-23-20-17-14-11-8-2/h10,13,19-20,22-23,27-30,33-35,37-39,42,45,55,58,64-65H,7-9,11-12,14-18,21,24-26,31-32,36,40-41,43-44,46-54,56-57,59-63H2,1-6H3,(H-,68,70,72,73)/p+1/b13-10-,22-19-,23-20-,29-27-,30-28-,34-33-,38-35-,39-37-,45-42-,58-55+. The predicted octanol–water partition coefficient (Wildman–Crippen LogP) is 19.1. The van der Waals surface area contributed by atoms with Crippen LogP contribution in [0.15, 0.2) is 122 Å². The zero-order chi connectivity index (χ0) is 56.4. The Kier molecular flexibility index (Phi) is 53.1. The molecule has 0 aliphatic rings. The molecule has 10 heteroatoms. The molecule has 0 aliphatic carbocycles. The molecule has 0 radical (unpaired) electrons. The number of unbranched alkanes of at least 4 members (excludes halogenated alkanes) is 20. The van der Waals surface area contributed by atoms with E-state index in [-0.39, 0.29) is 31.5 Å². The van der Waals surface area contributed by atoms with Crippen LogP contribution in [-0.4, -0.2) is 74.3 Å². The topological polar surface area (TPSA) is 111 Å². The summed E-state index contributed by atoms with van der Waals surface area (Å²) in [6.45, 7) is 6.81. The molecule has 0 bridgehead atoms. The number of carbonyl (C=O) groups is 2. The smallest absolute Gasteiger partial charge is 0.456 e. The van der Waals surface area contributed by atoms with Crippen LogP contribution in [0.1, 0.15) is 239 Å². The number of nitrogens with one attached hydrogen (secondary N) is 1. The van der Waals surface area contributed by atoms with E-state index in [4.69, 9.17) is 13.8 Å². The maximum atomic E-state index is 13.5. The zero-order valence-electron chi connectivity index (χ0n) is 50.2. The van der Waals surface area contributed by atoms with Crippen molar-refractivity contribution in [1.82, 2.24) is 5.32 Å². The predicted molar refractivity (Wildman–Crippen MR) is 332 cm³/mol. The Bertz CT molecular complexity index is 1730. The first-order valence-electron chi connectivity index (χ1n) is 30.9. The molecule has 440 valence electrons. The Hall–Kier alpha value is -3.59. The lowest BCUT2D eigenvalue weighted by atomic mass is 10.1. The molecular weight excluding hydrogens is 976 g/mol. The van der Waals surface area contributed by atoms with Gasteiger partial charge in [0, 0.05) is 12.8 Å². The molecule has 0 aromatic rings. The van der Waals surface area contributed by atoms with Gasteiger partial charge in [-0.25, -0.2) is 4.57 Å². The minimum absolute atomic E-state index is 0.0239. The molecule has 0 saturated carbocycles. The molecule has 0 aliphatic heterocycles. The Morgan fingerprint density at radius 3 is 1.29 bits per heavy atom. The van der Waals surface area contributed by atoms with Crippen molar-refractivity contribution < 1.29 is 37.3 Å². The maximum Gasteiger partial charge on any atom is 0.472 e. The number of allylic oxidation sites excluding steroid dienone is 19. The fraction of sp³-hybridized carbons (Fsp3) is 0.672. The Labute approximate surface area is 473 Å². The van der Waals surface area contributed by atoms with Crippen LogP contribution in [0.2, 0.25) is 0 Å². The summed E-state index contributed by atoms with van der Waals surface area (Å²) in [7, 11) is 1.44. The van der Waals surface area contributed by atoms with Crippen LogP contribution in [0.5, 0.6) is 0 Å². The number of amides is 1. The second kappa shape index (κ2) is 55.7. The number of nitrogens with zero attached hydrogens (tertiary/aromatic N) is 1. The number of hydrogen-bond acceptors (Lipinski definition) is 6. The Balaban J connectivity index is 5.34. The van der Waals surface area contributed by atoms with Gasteiger partial charge < -0.3 is 19.4 Å². The van der Waals surface area contributed by atoms with E-state index in [1.54, 1.807) is 0 Å². The number of phosphoric acid groups is 1. The van der Waals surface area contributed by atoms with Crippen molar-refractivity contribution in [3.05, 3.63) is 122 Å². The number of phosphoric ester groups is 1. The highest BCUT2D eigenvalue weighted by molar-refractivity contribution is 7.47. The normalized spacial score (nSPS) is 14.5. The average Bonchev–Trinajstić information content (AvgIpc) is 3.39. The molecule has 0 aromatic heterocycles. The number of carbonyl (C=O) groups excluding carboxylic acids is 2. The minimum atomic E-state index is -4.47. The zero-order valence-corrected chi connectivity index (χ0v) is 51.1. The Morgan fingerprint density at radius 1 is 0.468 bits per heavy atom. The summed E-state index contributed by atoms with van der Waals surface area (Å²) in [5, 5.41) is 3.03. The van der Waals surface area contributed by atoms with Crippen LogP contribution in [0, 0.1) is 0 Å². The average molecular weight is 1090 g/mol. The molecule has 0 spiro atoms. The van der Waals surface area contributed by atoms with Crippen molar-refractivity contribution in [1.29, 1.82) is 0 Å². The number of esters is 1. The summed E-state index contributed by atoms with van der Waals surface area (Å²) >= 11 is 0. The molecule has 1 amide bonds. The van der Waals surface area contributed by atoms with Gasteiger partial charge in [-0.3, -0.25) is 18.6 Å². The lowest BCUT2D eigenvalue weighted by molar-refractivity contribution is -0.870. The van der Waals surface area contributed by atoms with Crippen molar-refractivity contribution in [2.24, 2.45) is 0 Å². The summed E-state index contributed by atoms with van der Waals surface area (Å²) in [4.78, 5) is 37.7. The lowest BCUT2D eigenvalue weighted by Gasteiger charge is -2.27. The van der Waals surface area contributed by atoms with Crippen LogP contribution in [0.4, 0.5) is 0 Å². The number of ether oxygens (including phenoxy) is 1. The van der Waals surface area contributed by atoms with E-state index in [0.717, 1.165) is 122 Å². The lowest BCUT2D eigenvalue weighted by Crippen LogP contribution is -2.47. The van der Waals surface area contributed by atoms with Crippen molar-refractivity contribution in [2.45, 2.75) is 251 Å². The second-order valence-electron chi connectivity index (χ2n) is 21.5. The highest BCUT2D eigenvalue weighted by Crippen LogP contribution is 2.43. The van der Waals surface area contributed by atoms with Crippen molar-refractivity contribution >= 4 is 19.7 Å². The summed E-state index contributed by atoms with van der Waals surface area (Å²) in [5.74, 6) is -0.572. The fourth-order valence-corrected chi connectivity index (χ4v) is 8.86. The van der Waals surface area contributed by atoms with E-state index in [1.807, 2.05) is 33.3 Å². The van der Waals surface area contributed by atoms with Gasteiger partial charge in [0.25, 0.3) is 0 Å². The molecule has 0 aromatic carbocycles. The van der Waals surface area contributed by atoms with E-state index < -0.39 is 20.0 Å². The molecular formula is C67H116N2O7P+. The molecule has 3 atom stereocenters. The summed E-state index contributed by atoms with van der Waals surface area (Å²) in [5.41, 5.74) is 0. The van der Waals surface area contributed by atoms with Gasteiger partial charge in [0.1, 0.15) is 19.3 Å². The molecule has 0 saturated heterocycles. The van der Waals surface area contributed by atoms with Gasteiger partial charge in [-0.15, -0.1) is 0 Å². The summed E-state index contributed by atoms with van der Waals surface area (Å²) in [6, 6.07) is -0.880. The van der Waals surface area contributed by atoms with Crippen LogP contribution in [0.25, 0.3) is 0 Å². The molecule has 9 nitrogen and oxygen atoms in total. The number of hydrogen-bond donors (Lipinski definition) is 2. The third-order valence-corrected chi connectivity index (χ3v) is 13.9. The summed E-state index contributed by atoms with van der Waals surface area (Å²) in [6.07, 6.45) is 77.7. The third kappa shape index (κ3) is 56.9. The van der Waals surface area contributed by atoms with E-state index in [2.05, 4.69) is 135 Å². The van der Waals surface area contributed by atoms with Crippen molar-refractivity contribution in [2.75, 3.05) is 40.9 Å². The van der Waals surface area contributed by atoms with Gasteiger partial charge in [0.15, 0.2) is 0 Å². The van der Waals surface area contributed by atoms with Gasteiger partial charge >= 0.3 is 13.8 Å². The van der Waals surface area contributed by atoms with Crippen LogP contribution in [0.3, 0.4) is 0 Å². The van der Waals surface area contributed by atoms with Gasteiger partial charge in [-0.05, 0) is 122 Å². The SMILES string of the molecule is CC/C=C\C/C=C\C/C=C\C/C=C\C/C=C\CCCCCCCC(=O)NC(COP(=O)(O)OCC[N+](C)(C)C)C(/C=C/CCCCCCCCCCC)OC(=O)CCCCC/C=C\C/C=C\C/C=C\C/C=C\CCCCC. The Morgan fingerprint density at radius 2 is 0.831 bits per heavy atom. The maximum absolute atomic E-state index is 13.5. The van der Waals surface area contributed by atoms with Gasteiger partial charge in [-0.2, -0.15) is 0 Å². The van der Waals surface area contributed by atoms with E-state index in [0.29, 0.717) is 30.3 Å². The first kappa shape index (κ1) is 73.4. The highest BCUT2D eigenvalue weighted by Gasteiger charge is 2.30. The molecule has 0 fully saturated rings. The monoisotopic (exact) mass is 1090 g/mol. The first-order valence-corrected chi connectivity index (χ1v) is 32.4. The van der Waals surface area contributed by atoms with Gasteiger partial charge in [-0.1, -0.05) is 226 Å². The van der Waals surface area contributed by atoms with E-state index in [1.165, 1.54) is 70.6 Å². The first-order chi connectivity index (χ1) is 37.4. The molecule has 2 N–H and O–H groups in total. The summed E-state index contributed by atoms with van der Waals surface area (Å²) < 4.78 is 30.6. The minimum Gasteiger partial charge on any atom is -0.456 e. The molecule has 0 heterocycles. The largest absolute Gasteiger partial charge is 0.472 e. The molecule has 0 rings (SSSR count).